The van der Waals surface area contributed by atoms with Crippen LogP contribution in [0.2, 0.25) is 0 Å². The van der Waals surface area contributed by atoms with Gasteiger partial charge in [0.25, 0.3) is 0 Å². The van der Waals surface area contributed by atoms with Crippen molar-refractivity contribution in [1.29, 1.82) is 0 Å². The lowest BCUT2D eigenvalue weighted by Gasteiger charge is -2.34. The van der Waals surface area contributed by atoms with E-state index in [0.29, 0.717) is 4.90 Å². The van der Waals surface area contributed by atoms with E-state index in [9.17, 15) is 35.5 Å². The molecule has 1 aliphatic rings. The molecule has 0 unspecified atom stereocenters. The van der Waals surface area contributed by atoms with Crippen molar-refractivity contribution in [2.75, 3.05) is 9.33 Å². The van der Waals surface area contributed by atoms with Gasteiger partial charge in [0.15, 0.2) is 23.3 Å². The van der Waals surface area contributed by atoms with Gasteiger partial charge in [-0.3, -0.25) is 4.79 Å². The summed E-state index contributed by atoms with van der Waals surface area (Å²) in [6.45, 7) is 1.43. The monoisotopic (exact) mass is 455 g/mol. The molecule has 0 aliphatic carbocycles. The lowest BCUT2D eigenvalue weighted by Crippen LogP contribution is -2.46. The van der Waals surface area contributed by atoms with Gasteiger partial charge in [0.05, 0.1) is 5.54 Å². The Kier molecular flexibility index (Phi) is 4.59. The van der Waals surface area contributed by atoms with E-state index < -0.39 is 52.1 Å². The Balaban J connectivity index is 2.78. The summed E-state index contributed by atoms with van der Waals surface area (Å²) in [5, 5.41) is 0. The quantitative estimate of drug-likeness (QED) is 0.277. The van der Waals surface area contributed by atoms with Gasteiger partial charge in [0.2, 0.25) is 5.91 Å². The molecule has 1 amide bonds. The van der Waals surface area contributed by atoms with Crippen molar-refractivity contribution >= 4 is 34.2 Å². The zero-order valence-corrected chi connectivity index (χ0v) is 13.7. The third kappa shape index (κ3) is 2.78. The molecule has 128 valence electrons. The highest BCUT2D eigenvalue weighted by Gasteiger charge is 2.48. The molecule has 0 saturated carbocycles. The Morgan fingerprint density at radius 3 is 1.96 bits per heavy atom. The number of nitrogens with zero attached hydrogens (tertiary/aromatic N) is 1. The van der Waals surface area contributed by atoms with Crippen LogP contribution in [0.15, 0.2) is 0 Å². The maximum absolute atomic E-state index is 14.1. The molecule has 1 atom stereocenters. The second-order valence-electron chi connectivity index (χ2n) is 5.34. The summed E-state index contributed by atoms with van der Waals surface area (Å²) in [6.07, 6.45) is -5.60. The van der Waals surface area contributed by atoms with E-state index in [-0.39, 0.29) is 17.3 Å². The fourth-order valence-corrected chi connectivity index (χ4v) is 3.21. The average molecular weight is 455 g/mol. The number of carbonyl (C=O) groups excluding carboxylic acids is 1. The van der Waals surface area contributed by atoms with Crippen LogP contribution in [-0.4, -0.2) is 15.9 Å². The summed E-state index contributed by atoms with van der Waals surface area (Å²) in [7, 11) is 0. The van der Waals surface area contributed by atoms with Gasteiger partial charge in [0.1, 0.15) is 11.3 Å². The number of hydrogen-bond donors (Lipinski definition) is 0. The number of carbonyl (C=O) groups is 1. The van der Waals surface area contributed by atoms with Crippen LogP contribution in [0, 0.1) is 23.3 Å². The molecule has 1 fully saturated rings. The summed E-state index contributed by atoms with van der Waals surface area (Å²) in [5.41, 5.74) is -5.23. The number of hydrogen-bond acceptors (Lipinski definition) is 1. The van der Waals surface area contributed by atoms with Crippen LogP contribution in [0.4, 0.5) is 36.4 Å². The van der Waals surface area contributed by atoms with E-state index in [1.54, 1.807) is 0 Å². The van der Waals surface area contributed by atoms with Crippen molar-refractivity contribution in [1.82, 2.24) is 0 Å². The summed E-state index contributed by atoms with van der Waals surface area (Å²) in [5.74, 6) is -10.4. The maximum atomic E-state index is 14.1. The first-order chi connectivity index (χ1) is 10.5. The number of benzene rings is 1. The molecular weight excluding hydrogens is 446 g/mol. The normalized spacial score (nSPS) is 22.1. The second-order valence-corrected chi connectivity index (χ2v) is 6.10. The van der Waals surface area contributed by atoms with Crippen molar-refractivity contribution in [2.45, 2.75) is 31.5 Å². The number of halogens is 8. The van der Waals surface area contributed by atoms with Crippen LogP contribution in [-0.2, 0) is 11.0 Å². The van der Waals surface area contributed by atoms with Crippen LogP contribution in [0.1, 0.15) is 25.3 Å². The summed E-state index contributed by atoms with van der Waals surface area (Å²) < 4.78 is 93.4. The molecule has 2 nitrogen and oxygen atoms in total. The van der Waals surface area contributed by atoms with E-state index in [4.69, 9.17) is 0 Å². The van der Waals surface area contributed by atoms with Crippen LogP contribution in [0.25, 0.3) is 0 Å². The fourth-order valence-electron chi connectivity index (χ4n) is 2.49. The maximum Gasteiger partial charge on any atom is 0.422 e. The van der Waals surface area contributed by atoms with Crippen molar-refractivity contribution < 1.29 is 35.5 Å². The van der Waals surface area contributed by atoms with Gasteiger partial charge in [0, 0.05) is 10.8 Å². The Bertz CT molecular complexity index is 646. The molecule has 1 aromatic carbocycles. The zero-order valence-electron chi connectivity index (χ0n) is 11.5. The summed E-state index contributed by atoms with van der Waals surface area (Å²) in [4.78, 5) is 12.4. The highest BCUT2D eigenvalue weighted by Crippen LogP contribution is 2.44. The minimum absolute atomic E-state index is 0.136. The van der Waals surface area contributed by atoms with Crippen molar-refractivity contribution in [3.63, 3.8) is 0 Å². The molecule has 1 aliphatic heterocycles. The third-order valence-corrected chi connectivity index (χ3v) is 5.35. The first kappa shape index (κ1) is 18.3. The molecule has 0 radical (unpaired) electrons. The predicted molar refractivity (Wildman–Crippen MR) is 75.3 cm³/mol. The van der Waals surface area contributed by atoms with Gasteiger partial charge in [-0.05, 0) is 13.3 Å². The number of amides is 1. The van der Waals surface area contributed by atoms with Gasteiger partial charge in [-0.2, -0.15) is 13.2 Å². The number of alkyl halides is 4. The van der Waals surface area contributed by atoms with Crippen molar-refractivity contribution in [3.8, 4) is 0 Å². The third-order valence-electron chi connectivity index (χ3n) is 3.70. The molecule has 0 bridgehead atoms. The van der Waals surface area contributed by atoms with Crippen LogP contribution in [0.3, 0.4) is 0 Å². The molecule has 10 heteroatoms. The Morgan fingerprint density at radius 1 is 1.09 bits per heavy atom. The topological polar surface area (TPSA) is 20.3 Å². The molecule has 23 heavy (non-hydrogen) atoms. The molecular formula is C13H9F7INO. The van der Waals surface area contributed by atoms with Crippen molar-refractivity contribution in [2.24, 2.45) is 0 Å². The SMILES string of the molecule is C[C@@]1(CI)CCC(=O)N1c1c(F)c(F)c(C(F)(F)F)c(F)c1F. The number of anilines is 1. The molecule has 2 rings (SSSR count). The molecule has 0 aromatic heterocycles. The molecule has 1 heterocycles. The van der Waals surface area contributed by atoms with Gasteiger partial charge in [-0.25, -0.2) is 17.6 Å². The van der Waals surface area contributed by atoms with E-state index in [2.05, 4.69) is 0 Å². The molecule has 1 aromatic rings. The Morgan fingerprint density at radius 2 is 1.57 bits per heavy atom. The van der Waals surface area contributed by atoms with E-state index in [1.165, 1.54) is 6.92 Å². The van der Waals surface area contributed by atoms with Crippen LogP contribution < -0.4 is 4.90 Å². The van der Waals surface area contributed by atoms with Gasteiger partial charge >= 0.3 is 6.18 Å². The van der Waals surface area contributed by atoms with Crippen molar-refractivity contribution in [3.05, 3.63) is 28.8 Å². The Labute approximate surface area is 139 Å². The fraction of sp³-hybridized carbons (Fsp3) is 0.462. The first-order valence-electron chi connectivity index (χ1n) is 6.28. The lowest BCUT2D eigenvalue weighted by molar-refractivity contribution is -0.143. The van der Waals surface area contributed by atoms with E-state index >= 15 is 0 Å². The second kappa shape index (κ2) is 5.78. The molecule has 1 saturated heterocycles. The van der Waals surface area contributed by atoms with Gasteiger partial charge < -0.3 is 4.90 Å². The summed E-state index contributed by atoms with van der Waals surface area (Å²) in [6, 6.07) is 0. The van der Waals surface area contributed by atoms with Crippen LogP contribution >= 0.6 is 22.6 Å². The van der Waals surface area contributed by atoms with Gasteiger partial charge in [-0.15, -0.1) is 0 Å². The summed E-state index contributed by atoms with van der Waals surface area (Å²) >= 11 is 1.81. The minimum atomic E-state index is -5.62. The van der Waals surface area contributed by atoms with E-state index in [0.717, 1.165) is 0 Å². The van der Waals surface area contributed by atoms with Crippen LogP contribution in [0.5, 0.6) is 0 Å². The Hall–Kier alpha value is -1.07. The van der Waals surface area contributed by atoms with Gasteiger partial charge in [-0.1, -0.05) is 22.6 Å². The highest BCUT2D eigenvalue weighted by atomic mass is 127. The molecule has 0 N–H and O–H groups in total. The largest absolute Gasteiger partial charge is 0.422 e. The standard InChI is InChI=1S/C13H9F7INO/c1-12(4-21)3-2-5(23)22(12)11-9(16)7(14)6(13(18,19)20)8(15)10(11)17/h2-4H2,1H3/t12-/m0/s1. The minimum Gasteiger partial charge on any atom is -0.300 e. The first-order valence-corrected chi connectivity index (χ1v) is 7.80. The molecule has 0 spiro atoms. The zero-order chi connectivity index (χ0) is 17.7. The highest BCUT2D eigenvalue weighted by molar-refractivity contribution is 14.1. The smallest absolute Gasteiger partial charge is 0.300 e. The predicted octanol–water partition coefficient (Wildman–Crippen LogP) is 4.58. The average Bonchev–Trinajstić information content (AvgIpc) is 2.73. The number of rotatable bonds is 2. The van der Waals surface area contributed by atoms with E-state index in [1.807, 2.05) is 22.6 Å². The lowest BCUT2D eigenvalue weighted by atomic mass is 10.0.